The third-order valence-electron chi connectivity index (χ3n) is 4.78. The van der Waals surface area contributed by atoms with Gasteiger partial charge in [0, 0.05) is 0 Å². The normalized spacial score (nSPS) is 10.6. The zero-order chi connectivity index (χ0) is 20.1. The molecule has 2 nitrogen and oxygen atoms in total. The van der Waals surface area contributed by atoms with Crippen molar-refractivity contribution < 1.29 is 9.47 Å². The van der Waals surface area contributed by atoms with Gasteiger partial charge in [0.1, 0.15) is 0 Å². The van der Waals surface area contributed by atoms with E-state index in [1.165, 1.54) is 31.2 Å². The van der Waals surface area contributed by atoms with E-state index in [4.69, 9.17) is 9.47 Å². The summed E-state index contributed by atoms with van der Waals surface area (Å²) in [5.41, 5.74) is 4.94. The van der Waals surface area contributed by atoms with E-state index in [1.54, 1.807) is 14.2 Å². The van der Waals surface area contributed by atoms with Gasteiger partial charge in [-0.1, -0.05) is 0 Å². The number of benzene rings is 4. The zero-order valence-corrected chi connectivity index (χ0v) is 18.2. The number of hydrogen-bond donors (Lipinski definition) is 0. The molecule has 4 rings (SSSR count). The first-order valence-electron chi connectivity index (χ1n) is 9.43. The second kappa shape index (κ2) is 9.00. The van der Waals surface area contributed by atoms with Gasteiger partial charge in [-0.3, -0.25) is 0 Å². The molecule has 0 heterocycles. The van der Waals surface area contributed by atoms with Crippen LogP contribution in [0.2, 0.25) is 0 Å². The van der Waals surface area contributed by atoms with Crippen molar-refractivity contribution in [3.63, 3.8) is 0 Å². The molecule has 29 heavy (non-hydrogen) atoms. The Kier molecular flexibility index (Phi) is 6.00. The maximum atomic E-state index is 5.34. The molecule has 0 aromatic heterocycles. The summed E-state index contributed by atoms with van der Waals surface area (Å²) in [5.74, 6) is 1.74. The van der Waals surface area contributed by atoms with Crippen molar-refractivity contribution in [3.8, 4) is 33.8 Å². The van der Waals surface area contributed by atoms with Crippen LogP contribution in [0, 0.1) is 0 Å². The third-order valence-corrected chi connectivity index (χ3v) is 7.20. The van der Waals surface area contributed by atoms with Gasteiger partial charge >= 0.3 is 178 Å². The summed E-state index contributed by atoms with van der Waals surface area (Å²) in [7, 11) is 3.40. The van der Waals surface area contributed by atoms with E-state index in [-0.39, 0.29) is 15.0 Å². The molecule has 3 heteroatoms. The van der Waals surface area contributed by atoms with E-state index in [0.717, 1.165) is 11.5 Å². The topological polar surface area (TPSA) is 18.5 Å². The second-order valence-electron chi connectivity index (χ2n) is 6.55. The molecule has 0 aliphatic heterocycles. The summed E-state index contributed by atoms with van der Waals surface area (Å²) in [4.78, 5) is 0. The van der Waals surface area contributed by atoms with Crippen LogP contribution in [0.15, 0.2) is 97.1 Å². The Bertz CT molecular complexity index is 1010. The summed E-state index contributed by atoms with van der Waals surface area (Å²) in [6.45, 7) is 0. The van der Waals surface area contributed by atoms with Crippen molar-refractivity contribution >= 4 is 23.9 Å². The summed E-state index contributed by atoms with van der Waals surface area (Å²) >= 11 is 0.174. The van der Waals surface area contributed by atoms with E-state index in [1.807, 2.05) is 24.3 Å². The van der Waals surface area contributed by atoms with Gasteiger partial charge in [-0.2, -0.15) is 0 Å². The van der Waals surface area contributed by atoms with Crippen molar-refractivity contribution in [2.24, 2.45) is 0 Å². The second-order valence-corrected chi connectivity index (χ2v) is 8.83. The van der Waals surface area contributed by atoms with Crippen LogP contribution in [0.1, 0.15) is 0 Å². The fourth-order valence-electron chi connectivity index (χ4n) is 3.25. The molecule has 0 unspecified atom stereocenters. The predicted molar refractivity (Wildman–Crippen MR) is 122 cm³/mol. The van der Waals surface area contributed by atoms with E-state index >= 15 is 0 Å². The maximum absolute atomic E-state index is 5.34. The molecule has 0 radical (unpaired) electrons. The van der Waals surface area contributed by atoms with Crippen LogP contribution in [0.25, 0.3) is 22.3 Å². The first-order valence-corrected chi connectivity index (χ1v) is 11.1. The molecule has 0 saturated carbocycles. The molecule has 0 N–H and O–H groups in total. The first kappa shape index (κ1) is 19.3. The average molecular weight is 445 g/mol. The molecule has 0 atom stereocenters. The number of hydrogen-bond acceptors (Lipinski definition) is 2. The van der Waals surface area contributed by atoms with Gasteiger partial charge in [-0.15, -0.1) is 0 Å². The Balaban J connectivity index is 1.85. The van der Waals surface area contributed by atoms with Crippen LogP contribution in [0.3, 0.4) is 0 Å². The SMILES string of the molecule is COc1ccc(-c2cccc(-c3ccc(OC)cc3)c2[Se]c2ccccc2)cc1. The van der Waals surface area contributed by atoms with Crippen LogP contribution >= 0.6 is 0 Å². The Morgan fingerprint density at radius 2 is 1.00 bits per heavy atom. The Morgan fingerprint density at radius 1 is 0.517 bits per heavy atom. The van der Waals surface area contributed by atoms with Crippen molar-refractivity contribution in [2.75, 3.05) is 14.2 Å². The molecule has 0 spiro atoms. The van der Waals surface area contributed by atoms with Crippen molar-refractivity contribution in [1.29, 1.82) is 0 Å². The summed E-state index contributed by atoms with van der Waals surface area (Å²) in [6, 6.07) is 33.9. The zero-order valence-electron chi connectivity index (χ0n) is 16.5. The Morgan fingerprint density at radius 3 is 1.45 bits per heavy atom. The molecular weight excluding hydrogens is 423 g/mol. The van der Waals surface area contributed by atoms with Crippen LogP contribution in [-0.4, -0.2) is 29.2 Å². The van der Waals surface area contributed by atoms with E-state index in [0.29, 0.717) is 0 Å². The molecule has 144 valence electrons. The quantitative estimate of drug-likeness (QED) is 0.401. The van der Waals surface area contributed by atoms with E-state index < -0.39 is 0 Å². The third kappa shape index (κ3) is 4.37. The molecular formula is C26H22O2Se. The number of rotatable bonds is 6. The Hall–Kier alpha value is -3.00. The van der Waals surface area contributed by atoms with Crippen molar-refractivity contribution in [2.45, 2.75) is 0 Å². The predicted octanol–water partition coefficient (Wildman–Crippen LogP) is 4.69. The minimum atomic E-state index is 0.174. The fraction of sp³-hybridized carbons (Fsp3) is 0.0769. The van der Waals surface area contributed by atoms with Crippen LogP contribution in [0.5, 0.6) is 11.5 Å². The molecule has 0 aliphatic carbocycles. The standard InChI is InChI=1S/C26H22O2Se/c1-27-21-15-11-19(12-16-21)24-9-6-10-25(20-13-17-22(28-2)18-14-20)26(24)29-23-7-4-3-5-8-23/h3-18H,1-2H3. The molecule has 4 aromatic carbocycles. The van der Waals surface area contributed by atoms with Crippen molar-refractivity contribution in [1.82, 2.24) is 0 Å². The van der Waals surface area contributed by atoms with Crippen LogP contribution < -0.4 is 18.4 Å². The van der Waals surface area contributed by atoms with Gasteiger partial charge in [-0.05, 0) is 0 Å². The number of ether oxygens (including phenoxy) is 2. The van der Waals surface area contributed by atoms with E-state index in [9.17, 15) is 0 Å². The Labute approximate surface area is 178 Å². The molecule has 0 amide bonds. The summed E-state index contributed by atoms with van der Waals surface area (Å²) < 4.78 is 13.4. The summed E-state index contributed by atoms with van der Waals surface area (Å²) in [5, 5.41) is 0. The van der Waals surface area contributed by atoms with Crippen molar-refractivity contribution in [3.05, 3.63) is 97.1 Å². The van der Waals surface area contributed by atoms with Gasteiger partial charge < -0.3 is 0 Å². The van der Waals surface area contributed by atoms with Crippen LogP contribution in [-0.2, 0) is 0 Å². The van der Waals surface area contributed by atoms with Gasteiger partial charge in [0.2, 0.25) is 0 Å². The van der Waals surface area contributed by atoms with Gasteiger partial charge in [-0.25, -0.2) is 0 Å². The summed E-state index contributed by atoms with van der Waals surface area (Å²) in [6.07, 6.45) is 0. The average Bonchev–Trinajstić information content (AvgIpc) is 2.80. The molecule has 0 aliphatic rings. The molecule has 0 saturated heterocycles. The monoisotopic (exact) mass is 446 g/mol. The van der Waals surface area contributed by atoms with Gasteiger partial charge in [0.05, 0.1) is 0 Å². The first-order chi connectivity index (χ1) is 14.3. The molecule has 0 bridgehead atoms. The van der Waals surface area contributed by atoms with Gasteiger partial charge in [0.25, 0.3) is 0 Å². The molecule has 0 fully saturated rings. The van der Waals surface area contributed by atoms with Crippen LogP contribution in [0.4, 0.5) is 0 Å². The van der Waals surface area contributed by atoms with E-state index in [2.05, 4.69) is 72.8 Å². The molecule has 4 aromatic rings. The minimum absolute atomic E-state index is 0.174. The van der Waals surface area contributed by atoms with Gasteiger partial charge in [0.15, 0.2) is 0 Å². The fourth-order valence-corrected chi connectivity index (χ4v) is 5.60. The number of methoxy groups -OCH3 is 2.